The fourth-order valence-corrected chi connectivity index (χ4v) is 4.26. The van der Waals surface area contributed by atoms with Crippen molar-refractivity contribution in [1.82, 2.24) is 24.9 Å². The number of aryl methyl sites for hydroxylation is 1. The number of imidazole rings is 1. The third kappa shape index (κ3) is 7.87. The van der Waals surface area contributed by atoms with E-state index in [-0.39, 0.29) is 17.8 Å². The van der Waals surface area contributed by atoms with Crippen LogP contribution in [0.15, 0.2) is 91.3 Å². The Hall–Kier alpha value is -4.87. The summed E-state index contributed by atoms with van der Waals surface area (Å²) in [6, 6.07) is 22.1. The zero-order valence-corrected chi connectivity index (χ0v) is 23.8. The number of halogens is 1. The number of nitrogens with one attached hydrogen (secondary N) is 1. The smallest absolute Gasteiger partial charge is 0.270 e. The maximum atomic E-state index is 12.8. The summed E-state index contributed by atoms with van der Waals surface area (Å²) in [5.74, 6) is 1.55. The SMILES string of the molecule is CC.Cc1cnc2ccc(N3CC[C@H](NC(=O)c4cc(Oc5ccc([NH2+]O)cc5)ccn4)C3)nn12.Fc1ccccc1. The first kappa shape index (κ1) is 30.1. The lowest BCUT2D eigenvalue weighted by Crippen LogP contribution is -2.73. The predicted molar refractivity (Wildman–Crippen MR) is 158 cm³/mol. The van der Waals surface area contributed by atoms with Gasteiger partial charge in [0.15, 0.2) is 11.3 Å². The molecule has 5 aromatic rings. The molecule has 0 spiro atoms. The zero-order chi connectivity index (χ0) is 29.9. The van der Waals surface area contributed by atoms with E-state index in [9.17, 15) is 9.18 Å². The summed E-state index contributed by atoms with van der Waals surface area (Å²) in [7, 11) is 0. The second-order valence-corrected chi connectivity index (χ2v) is 9.24. The van der Waals surface area contributed by atoms with Crippen LogP contribution in [0.5, 0.6) is 11.5 Å². The van der Waals surface area contributed by atoms with Crippen LogP contribution in [0.3, 0.4) is 0 Å². The van der Waals surface area contributed by atoms with Gasteiger partial charge >= 0.3 is 0 Å². The average Bonchev–Trinajstić information content (AvgIpc) is 3.65. The van der Waals surface area contributed by atoms with Gasteiger partial charge in [0.2, 0.25) is 0 Å². The fourth-order valence-electron chi connectivity index (χ4n) is 4.26. The Kier molecular flexibility index (Phi) is 10.5. The lowest BCUT2D eigenvalue weighted by Gasteiger charge is -2.18. The number of amides is 1. The van der Waals surface area contributed by atoms with Crippen LogP contribution in [-0.2, 0) is 0 Å². The molecule has 0 unspecified atom stereocenters. The second-order valence-electron chi connectivity index (χ2n) is 9.24. The Balaban J connectivity index is 0.000000390. The summed E-state index contributed by atoms with van der Waals surface area (Å²) in [5, 5.41) is 16.8. The molecule has 0 radical (unpaired) electrons. The predicted octanol–water partition coefficient (Wildman–Crippen LogP) is 4.67. The van der Waals surface area contributed by atoms with Crippen molar-refractivity contribution < 1.29 is 24.6 Å². The number of fused-ring (bicyclic) bond motifs is 1. The van der Waals surface area contributed by atoms with Gasteiger partial charge in [-0.2, -0.15) is 5.48 Å². The van der Waals surface area contributed by atoms with E-state index < -0.39 is 0 Å². The highest BCUT2D eigenvalue weighted by Gasteiger charge is 2.26. The summed E-state index contributed by atoms with van der Waals surface area (Å²) in [6.07, 6.45) is 4.17. The molecule has 1 aliphatic heterocycles. The third-order valence-corrected chi connectivity index (χ3v) is 6.33. The van der Waals surface area contributed by atoms with E-state index in [0.717, 1.165) is 35.6 Å². The van der Waals surface area contributed by atoms with Crippen molar-refractivity contribution in [3.05, 3.63) is 108 Å². The zero-order valence-electron chi connectivity index (χ0n) is 23.8. The minimum Gasteiger partial charge on any atom is -0.457 e. The third-order valence-electron chi connectivity index (χ3n) is 6.33. The first-order valence-electron chi connectivity index (χ1n) is 13.8. The minimum absolute atomic E-state index is 0.00692. The fraction of sp³-hybridized carbons (Fsp3) is 0.226. The van der Waals surface area contributed by atoms with E-state index >= 15 is 0 Å². The van der Waals surface area contributed by atoms with Gasteiger partial charge in [0.05, 0.1) is 11.9 Å². The van der Waals surface area contributed by atoms with Gasteiger partial charge < -0.3 is 15.0 Å². The summed E-state index contributed by atoms with van der Waals surface area (Å²) >= 11 is 0. The number of quaternary nitrogens is 1. The van der Waals surface area contributed by atoms with E-state index in [1.54, 1.807) is 67.0 Å². The van der Waals surface area contributed by atoms with Crippen LogP contribution in [-0.4, -0.2) is 49.8 Å². The van der Waals surface area contributed by atoms with Crippen molar-refractivity contribution in [2.24, 2.45) is 0 Å². The van der Waals surface area contributed by atoms with Crippen LogP contribution >= 0.6 is 0 Å². The van der Waals surface area contributed by atoms with Crippen molar-refractivity contribution in [1.29, 1.82) is 0 Å². The molecule has 1 amide bonds. The van der Waals surface area contributed by atoms with Crippen LogP contribution in [0.25, 0.3) is 5.65 Å². The molecule has 3 aromatic heterocycles. The van der Waals surface area contributed by atoms with Crippen molar-refractivity contribution in [2.45, 2.75) is 33.2 Å². The van der Waals surface area contributed by atoms with Gasteiger partial charge in [-0.05, 0) is 55.8 Å². The molecule has 4 N–H and O–H groups in total. The highest BCUT2D eigenvalue weighted by atomic mass is 19.1. The van der Waals surface area contributed by atoms with Crippen molar-refractivity contribution in [3.63, 3.8) is 0 Å². The van der Waals surface area contributed by atoms with Crippen molar-refractivity contribution >= 4 is 23.1 Å². The molecular weight excluding hydrogens is 537 g/mol. The van der Waals surface area contributed by atoms with Crippen molar-refractivity contribution in [2.75, 3.05) is 18.0 Å². The maximum Gasteiger partial charge on any atom is 0.270 e. The lowest BCUT2D eigenvalue weighted by atomic mass is 10.2. The molecule has 0 aliphatic carbocycles. The molecule has 6 rings (SSSR count). The van der Waals surface area contributed by atoms with Gasteiger partial charge in [-0.15, -0.1) is 5.10 Å². The van der Waals surface area contributed by atoms with Gasteiger partial charge in [-0.3, -0.25) is 9.78 Å². The number of hydrogen-bond acceptors (Lipinski definition) is 7. The van der Waals surface area contributed by atoms with Crippen LogP contribution in [0.4, 0.5) is 15.9 Å². The number of aromatic nitrogens is 4. The van der Waals surface area contributed by atoms with E-state index in [1.165, 1.54) is 12.1 Å². The van der Waals surface area contributed by atoms with Crippen LogP contribution in [0.2, 0.25) is 0 Å². The standard InChI is InChI=1S/C23H23N7O3.C6H5F.C2H6/c1-15-13-25-21-6-7-22(27-30(15)21)29-11-9-17(14-29)26-23(31)20-12-19(8-10-24-20)33-18-4-2-16(28-32)3-5-18;7-6-4-2-1-3-5-6;1-2/h2-8,10,12-13,17,28,32H,9,11,14H2,1H3,(H,26,31);1-5H;1-2H3/p+1/t17-;;/m0../s1. The Morgan fingerprint density at radius 3 is 2.48 bits per heavy atom. The molecule has 1 atom stereocenters. The Morgan fingerprint density at radius 1 is 1.02 bits per heavy atom. The van der Waals surface area contributed by atoms with Gasteiger partial charge in [0, 0.05) is 43.5 Å². The van der Waals surface area contributed by atoms with E-state index in [4.69, 9.17) is 9.94 Å². The molecular formula is C31H35FN7O3+. The van der Waals surface area contributed by atoms with E-state index in [1.807, 2.05) is 37.4 Å². The molecule has 2 aromatic carbocycles. The summed E-state index contributed by atoms with van der Waals surface area (Å²) in [5.41, 5.74) is 3.79. The number of nitrogens with two attached hydrogens (primary N) is 1. The molecule has 1 fully saturated rings. The number of benzene rings is 2. The average molecular weight is 573 g/mol. The molecule has 11 heteroatoms. The largest absolute Gasteiger partial charge is 0.457 e. The number of nitrogens with zero attached hydrogens (tertiary/aromatic N) is 5. The second kappa shape index (κ2) is 14.7. The lowest BCUT2D eigenvalue weighted by molar-refractivity contribution is -0.825. The Bertz CT molecular complexity index is 1580. The number of carbonyl (C=O) groups excluding carboxylic acids is 1. The molecule has 1 saturated heterocycles. The van der Waals surface area contributed by atoms with Gasteiger partial charge in [-0.1, -0.05) is 32.0 Å². The summed E-state index contributed by atoms with van der Waals surface area (Å²) < 4.78 is 19.5. The Labute approximate surface area is 243 Å². The number of pyridine rings is 1. The first-order valence-corrected chi connectivity index (χ1v) is 13.8. The topological polar surface area (TPSA) is 121 Å². The number of hydrogen-bond donors (Lipinski definition) is 3. The number of carbonyl (C=O) groups is 1. The van der Waals surface area contributed by atoms with Crippen LogP contribution < -0.4 is 20.4 Å². The molecule has 1 aliphatic rings. The highest BCUT2D eigenvalue weighted by Crippen LogP contribution is 2.23. The van der Waals surface area contributed by atoms with E-state index in [0.29, 0.717) is 29.4 Å². The van der Waals surface area contributed by atoms with E-state index in [2.05, 4.69) is 25.3 Å². The quantitative estimate of drug-likeness (QED) is 0.200. The normalized spacial score (nSPS) is 13.9. The number of anilines is 1. The number of ether oxygens (including phenoxy) is 1. The molecule has 4 heterocycles. The molecule has 0 bridgehead atoms. The maximum absolute atomic E-state index is 12.8. The number of rotatable bonds is 6. The van der Waals surface area contributed by atoms with Gasteiger partial charge in [0.25, 0.3) is 5.91 Å². The highest BCUT2D eigenvalue weighted by molar-refractivity contribution is 5.92. The molecule has 218 valence electrons. The van der Waals surface area contributed by atoms with Gasteiger partial charge in [-0.25, -0.2) is 19.1 Å². The van der Waals surface area contributed by atoms with Gasteiger partial charge in [0.1, 0.15) is 28.8 Å². The Morgan fingerprint density at radius 2 is 1.79 bits per heavy atom. The summed E-state index contributed by atoms with van der Waals surface area (Å²) in [4.78, 5) is 23.5. The monoisotopic (exact) mass is 572 g/mol. The molecule has 0 saturated carbocycles. The molecule has 42 heavy (non-hydrogen) atoms. The summed E-state index contributed by atoms with van der Waals surface area (Å²) in [6.45, 7) is 7.44. The minimum atomic E-state index is -0.244. The van der Waals surface area contributed by atoms with Crippen molar-refractivity contribution in [3.8, 4) is 11.5 Å². The first-order chi connectivity index (χ1) is 20.5. The van der Waals surface area contributed by atoms with Crippen LogP contribution in [0.1, 0.15) is 36.5 Å². The van der Waals surface area contributed by atoms with Crippen LogP contribution in [0, 0.1) is 12.7 Å². The molecule has 10 nitrogen and oxygen atoms in total.